The zero-order valence-electron chi connectivity index (χ0n) is 13.8. The normalized spacial score (nSPS) is 10.2. The van der Waals surface area contributed by atoms with Gasteiger partial charge in [0.15, 0.2) is 11.5 Å². The molecule has 1 amide bonds. The Balaban J connectivity index is 1.81. The summed E-state index contributed by atoms with van der Waals surface area (Å²) in [6, 6.07) is 15.9. The highest BCUT2D eigenvalue weighted by Crippen LogP contribution is 2.30. The summed E-state index contributed by atoms with van der Waals surface area (Å²) in [4.78, 5) is 22.7. The first-order valence-electron chi connectivity index (χ1n) is 7.79. The van der Waals surface area contributed by atoms with Gasteiger partial charge in [-0.1, -0.05) is 12.1 Å². The number of nitrogens with zero attached hydrogens (tertiary/aromatic N) is 1. The van der Waals surface area contributed by atoms with Crippen molar-refractivity contribution in [1.29, 1.82) is 0 Å². The van der Waals surface area contributed by atoms with Crippen LogP contribution in [0.25, 0.3) is 0 Å². The third-order valence-corrected chi connectivity index (χ3v) is 3.64. The second-order valence-electron chi connectivity index (χ2n) is 5.51. The number of hydrogen-bond acceptors (Lipinski definition) is 6. The summed E-state index contributed by atoms with van der Waals surface area (Å²) in [6.07, 6.45) is 0. The van der Waals surface area contributed by atoms with E-state index in [0.29, 0.717) is 11.4 Å². The maximum absolute atomic E-state index is 12.5. The average molecular weight is 366 g/mol. The van der Waals surface area contributed by atoms with Gasteiger partial charge in [-0.25, -0.2) is 0 Å². The molecule has 3 aromatic rings. The van der Waals surface area contributed by atoms with Gasteiger partial charge in [-0.3, -0.25) is 14.9 Å². The molecule has 3 aromatic carbocycles. The molecule has 27 heavy (non-hydrogen) atoms. The van der Waals surface area contributed by atoms with Crippen LogP contribution in [0.2, 0.25) is 0 Å². The number of ether oxygens (including phenoxy) is 1. The molecular formula is C19H14N2O6. The van der Waals surface area contributed by atoms with E-state index in [1.165, 1.54) is 42.5 Å². The van der Waals surface area contributed by atoms with Crippen molar-refractivity contribution in [3.8, 4) is 23.0 Å². The van der Waals surface area contributed by atoms with E-state index >= 15 is 0 Å². The molecule has 0 aromatic heterocycles. The first-order valence-corrected chi connectivity index (χ1v) is 7.79. The van der Waals surface area contributed by atoms with E-state index in [1.807, 2.05) is 0 Å². The second kappa shape index (κ2) is 7.44. The number of phenols is 2. The number of nitrogens with one attached hydrogen (secondary N) is 1. The lowest BCUT2D eigenvalue weighted by Gasteiger charge is -2.12. The van der Waals surface area contributed by atoms with Crippen LogP contribution in [-0.4, -0.2) is 21.0 Å². The van der Waals surface area contributed by atoms with Crippen LogP contribution in [-0.2, 0) is 0 Å². The third-order valence-electron chi connectivity index (χ3n) is 3.64. The molecule has 0 saturated heterocycles. The molecule has 0 radical (unpaired) electrons. The van der Waals surface area contributed by atoms with E-state index in [0.717, 1.165) is 0 Å². The predicted octanol–water partition coefficient (Wildman–Crippen LogP) is 4.05. The molecule has 0 fully saturated rings. The van der Waals surface area contributed by atoms with Crippen molar-refractivity contribution in [2.45, 2.75) is 0 Å². The van der Waals surface area contributed by atoms with Crippen molar-refractivity contribution in [2.75, 3.05) is 5.32 Å². The lowest BCUT2D eigenvalue weighted by molar-refractivity contribution is -0.384. The topological polar surface area (TPSA) is 122 Å². The number of amides is 1. The summed E-state index contributed by atoms with van der Waals surface area (Å²) in [5.41, 5.74) is 0.448. The molecule has 3 N–H and O–H groups in total. The number of benzene rings is 3. The summed E-state index contributed by atoms with van der Waals surface area (Å²) in [6.45, 7) is 0. The molecule has 8 heteroatoms. The van der Waals surface area contributed by atoms with Gasteiger partial charge in [-0.2, -0.15) is 0 Å². The standard InChI is InChI=1S/C19H14N2O6/c22-16-10-5-12(11-17(16)23)20-19(24)15-3-1-2-4-18(15)27-14-8-6-13(7-9-14)21(25)26/h1-11,22-23H,(H,20,24). The summed E-state index contributed by atoms with van der Waals surface area (Å²) >= 11 is 0. The second-order valence-corrected chi connectivity index (χ2v) is 5.51. The van der Waals surface area contributed by atoms with E-state index in [-0.39, 0.29) is 28.5 Å². The van der Waals surface area contributed by atoms with Crippen molar-refractivity contribution >= 4 is 17.3 Å². The Bertz CT molecular complexity index is 1000. The van der Waals surface area contributed by atoms with Crippen molar-refractivity contribution < 1.29 is 24.7 Å². The van der Waals surface area contributed by atoms with E-state index in [2.05, 4.69) is 5.32 Å². The van der Waals surface area contributed by atoms with Crippen LogP contribution in [0.5, 0.6) is 23.0 Å². The van der Waals surface area contributed by atoms with Crippen molar-refractivity contribution in [3.63, 3.8) is 0 Å². The highest BCUT2D eigenvalue weighted by molar-refractivity contribution is 6.06. The highest BCUT2D eigenvalue weighted by Gasteiger charge is 2.14. The zero-order chi connectivity index (χ0) is 19.4. The number of anilines is 1. The maximum atomic E-state index is 12.5. The SMILES string of the molecule is O=C(Nc1ccc(O)c(O)c1)c1ccccc1Oc1ccc([N+](=O)[O-])cc1. The van der Waals surface area contributed by atoms with Crippen molar-refractivity contribution in [2.24, 2.45) is 0 Å². The Morgan fingerprint density at radius 1 is 0.963 bits per heavy atom. The third kappa shape index (κ3) is 4.13. The maximum Gasteiger partial charge on any atom is 0.269 e. The van der Waals surface area contributed by atoms with Crippen molar-refractivity contribution in [3.05, 3.63) is 82.4 Å². The van der Waals surface area contributed by atoms with Gasteiger partial charge in [-0.05, 0) is 36.4 Å². The van der Waals surface area contributed by atoms with Crippen LogP contribution < -0.4 is 10.1 Å². The molecule has 0 saturated carbocycles. The summed E-state index contributed by atoms with van der Waals surface area (Å²) in [7, 11) is 0. The minimum atomic E-state index is -0.516. The number of hydrogen-bond donors (Lipinski definition) is 3. The summed E-state index contributed by atoms with van der Waals surface area (Å²) in [5, 5.41) is 32.2. The van der Waals surface area contributed by atoms with Crippen LogP contribution in [0, 0.1) is 10.1 Å². The van der Waals surface area contributed by atoms with Gasteiger partial charge in [-0.15, -0.1) is 0 Å². The monoisotopic (exact) mass is 366 g/mol. The minimum absolute atomic E-state index is 0.0690. The number of non-ortho nitro benzene ring substituents is 1. The average Bonchev–Trinajstić information content (AvgIpc) is 2.65. The lowest BCUT2D eigenvalue weighted by atomic mass is 10.1. The predicted molar refractivity (Wildman–Crippen MR) is 97.3 cm³/mol. The van der Waals surface area contributed by atoms with E-state index in [4.69, 9.17) is 4.74 Å². The molecule has 0 aliphatic rings. The number of carbonyl (C=O) groups excluding carboxylic acids is 1. The largest absolute Gasteiger partial charge is 0.504 e. The number of carbonyl (C=O) groups is 1. The number of nitro benzene ring substituents is 1. The molecule has 0 bridgehead atoms. The van der Waals surface area contributed by atoms with Crippen molar-refractivity contribution in [1.82, 2.24) is 0 Å². The van der Waals surface area contributed by atoms with Crippen LogP contribution in [0.4, 0.5) is 11.4 Å². The highest BCUT2D eigenvalue weighted by atomic mass is 16.6. The summed E-state index contributed by atoms with van der Waals surface area (Å²) in [5.74, 6) is -0.550. The van der Waals surface area contributed by atoms with Crippen LogP contribution in [0.15, 0.2) is 66.7 Å². The number of aromatic hydroxyl groups is 2. The molecule has 0 unspecified atom stereocenters. The zero-order valence-corrected chi connectivity index (χ0v) is 13.8. The van der Waals surface area contributed by atoms with Gasteiger partial charge < -0.3 is 20.3 Å². The number of para-hydroxylation sites is 1. The number of rotatable bonds is 5. The van der Waals surface area contributed by atoms with Crippen LogP contribution >= 0.6 is 0 Å². The Morgan fingerprint density at radius 2 is 1.67 bits per heavy atom. The van der Waals surface area contributed by atoms with Gasteiger partial charge in [0.1, 0.15) is 11.5 Å². The Morgan fingerprint density at radius 3 is 2.33 bits per heavy atom. The number of nitro groups is 1. The quantitative estimate of drug-likeness (QED) is 0.271. The number of phenolic OH excluding ortho intramolecular Hbond substituents is 2. The van der Waals surface area contributed by atoms with Gasteiger partial charge in [0, 0.05) is 23.9 Å². The molecular weight excluding hydrogens is 352 g/mol. The lowest BCUT2D eigenvalue weighted by Crippen LogP contribution is -2.12. The fraction of sp³-hybridized carbons (Fsp3) is 0. The molecule has 3 rings (SSSR count). The molecule has 0 heterocycles. The first kappa shape index (κ1) is 17.7. The molecule has 8 nitrogen and oxygen atoms in total. The van der Waals surface area contributed by atoms with Gasteiger partial charge in [0.2, 0.25) is 0 Å². The molecule has 0 aliphatic carbocycles. The van der Waals surface area contributed by atoms with E-state index in [9.17, 15) is 25.1 Å². The van der Waals surface area contributed by atoms with Gasteiger partial charge in [0.25, 0.3) is 11.6 Å². The Hall–Kier alpha value is -4.07. The van der Waals surface area contributed by atoms with Crippen LogP contribution in [0.3, 0.4) is 0 Å². The van der Waals surface area contributed by atoms with E-state index < -0.39 is 10.8 Å². The van der Waals surface area contributed by atoms with Crippen LogP contribution in [0.1, 0.15) is 10.4 Å². The minimum Gasteiger partial charge on any atom is -0.504 e. The fourth-order valence-electron chi connectivity index (χ4n) is 2.31. The molecule has 0 aliphatic heterocycles. The summed E-state index contributed by atoms with van der Waals surface area (Å²) < 4.78 is 5.67. The fourth-order valence-corrected chi connectivity index (χ4v) is 2.31. The Kier molecular flexibility index (Phi) is 4.89. The van der Waals surface area contributed by atoms with Gasteiger partial charge in [0.05, 0.1) is 10.5 Å². The molecule has 136 valence electrons. The van der Waals surface area contributed by atoms with Gasteiger partial charge >= 0.3 is 0 Å². The smallest absolute Gasteiger partial charge is 0.269 e. The Labute approximate surface area is 153 Å². The first-order chi connectivity index (χ1) is 12.9. The molecule has 0 spiro atoms. The van der Waals surface area contributed by atoms with E-state index in [1.54, 1.807) is 24.3 Å². The molecule has 0 atom stereocenters.